The lowest BCUT2D eigenvalue weighted by atomic mass is 9.97. The molecule has 31 heavy (non-hydrogen) atoms. The Hall–Kier alpha value is -3.39. The number of ether oxygens (including phenoxy) is 1. The van der Waals surface area contributed by atoms with Crippen molar-refractivity contribution in [2.75, 3.05) is 13.2 Å². The third-order valence-corrected chi connectivity index (χ3v) is 5.72. The van der Waals surface area contributed by atoms with Crippen LogP contribution in [0.5, 0.6) is 0 Å². The fourth-order valence-corrected chi connectivity index (χ4v) is 3.67. The number of amides is 2. The number of benzene rings is 2. The lowest BCUT2D eigenvalue weighted by molar-refractivity contribution is -0.144. The molecule has 2 amide bonds. The Morgan fingerprint density at radius 2 is 1.61 bits per heavy atom. The van der Waals surface area contributed by atoms with Gasteiger partial charge in [0.2, 0.25) is 5.91 Å². The minimum Gasteiger partial charge on any atom is -0.480 e. The molecule has 0 saturated heterocycles. The number of carboxylic acid groups (broad SMARTS) is 1. The summed E-state index contributed by atoms with van der Waals surface area (Å²) in [6.07, 6.45) is -0.585. The largest absolute Gasteiger partial charge is 0.480 e. The zero-order chi connectivity index (χ0) is 22.6. The monoisotopic (exact) mass is 426 g/mol. The van der Waals surface area contributed by atoms with Crippen LogP contribution in [0.25, 0.3) is 11.1 Å². The summed E-state index contributed by atoms with van der Waals surface area (Å²) < 4.78 is 5.47. The zero-order valence-electron chi connectivity index (χ0n) is 17.4. The van der Waals surface area contributed by atoms with E-state index in [-0.39, 0.29) is 18.9 Å². The number of nitrogens with one attached hydrogen (secondary N) is 2. The van der Waals surface area contributed by atoms with Gasteiger partial charge in [0.25, 0.3) is 0 Å². The molecule has 1 aliphatic rings. The standard InChI is InChI=1S/C23H26N2O6/c1-3-23(2,21(29)24-19(12-26)20(27)28)25-22(30)31-13-18-16-10-6-4-8-14(16)15-9-5-7-11-17(15)18/h4-11,18-19,26H,3,12-13H2,1-2H3,(H,24,29)(H,25,30)(H,27,28). The van der Waals surface area contributed by atoms with Gasteiger partial charge in [-0.2, -0.15) is 0 Å². The highest BCUT2D eigenvalue weighted by Gasteiger charge is 2.36. The number of carboxylic acids is 1. The van der Waals surface area contributed by atoms with E-state index in [0.29, 0.717) is 0 Å². The van der Waals surface area contributed by atoms with Crippen LogP contribution in [-0.2, 0) is 14.3 Å². The highest BCUT2D eigenvalue weighted by molar-refractivity contribution is 5.92. The molecule has 4 N–H and O–H groups in total. The summed E-state index contributed by atoms with van der Waals surface area (Å²) in [6.45, 7) is 2.49. The van der Waals surface area contributed by atoms with Gasteiger partial charge in [-0.3, -0.25) is 4.79 Å². The maximum absolute atomic E-state index is 12.5. The van der Waals surface area contributed by atoms with Crippen molar-refractivity contribution < 1.29 is 29.3 Å². The van der Waals surface area contributed by atoms with Gasteiger partial charge < -0.3 is 25.6 Å². The van der Waals surface area contributed by atoms with E-state index in [1.165, 1.54) is 6.92 Å². The average molecular weight is 426 g/mol. The van der Waals surface area contributed by atoms with Crippen LogP contribution in [-0.4, -0.2) is 53.0 Å². The Labute approximate surface area is 180 Å². The van der Waals surface area contributed by atoms with Crippen LogP contribution >= 0.6 is 0 Å². The van der Waals surface area contributed by atoms with Gasteiger partial charge in [-0.15, -0.1) is 0 Å². The van der Waals surface area contributed by atoms with Crippen molar-refractivity contribution >= 4 is 18.0 Å². The Balaban J connectivity index is 1.68. The number of aliphatic carboxylic acids is 1. The first kappa shape index (κ1) is 22.3. The van der Waals surface area contributed by atoms with Gasteiger partial charge >= 0.3 is 12.1 Å². The summed E-state index contributed by atoms with van der Waals surface area (Å²) >= 11 is 0. The number of carbonyl (C=O) groups excluding carboxylic acids is 2. The first-order valence-electron chi connectivity index (χ1n) is 10.1. The molecule has 2 aromatic carbocycles. The molecule has 0 heterocycles. The van der Waals surface area contributed by atoms with Crippen LogP contribution < -0.4 is 10.6 Å². The molecule has 0 bridgehead atoms. The average Bonchev–Trinajstić information content (AvgIpc) is 3.09. The maximum atomic E-state index is 12.5. The minimum absolute atomic E-state index is 0.0929. The minimum atomic E-state index is -1.46. The molecule has 0 spiro atoms. The predicted octanol–water partition coefficient (Wildman–Crippen LogP) is 2.26. The number of hydrogen-bond acceptors (Lipinski definition) is 5. The van der Waals surface area contributed by atoms with Crippen LogP contribution in [0.3, 0.4) is 0 Å². The van der Waals surface area contributed by atoms with Gasteiger partial charge in [0.1, 0.15) is 18.2 Å². The SMILES string of the molecule is CCC(C)(NC(=O)OCC1c2ccccc2-c2ccccc21)C(=O)NC(CO)C(=O)O. The Kier molecular flexibility index (Phi) is 6.60. The lowest BCUT2D eigenvalue weighted by Crippen LogP contribution is -2.60. The molecule has 2 atom stereocenters. The Morgan fingerprint density at radius 1 is 1.06 bits per heavy atom. The highest BCUT2D eigenvalue weighted by Crippen LogP contribution is 2.44. The molecule has 0 radical (unpaired) electrons. The van der Waals surface area contributed by atoms with Crippen LogP contribution in [0.2, 0.25) is 0 Å². The van der Waals surface area contributed by atoms with Crippen molar-refractivity contribution in [3.05, 3.63) is 59.7 Å². The zero-order valence-corrected chi connectivity index (χ0v) is 17.4. The van der Waals surface area contributed by atoms with Crippen LogP contribution in [0.4, 0.5) is 4.79 Å². The van der Waals surface area contributed by atoms with E-state index >= 15 is 0 Å². The van der Waals surface area contributed by atoms with Crippen molar-refractivity contribution in [1.82, 2.24) is 10.6 Å². The normalized spacial score (nSPS) is 15.2. The van der Waals surface area contributed by atoms with Crippen molar-refractivity contribution in [3.63, 3.8) is 0 Å². The summed E-state index contributed by atoms with van der Waals surface area (Å²) in [6, 6.07) is 14.4. The summed E-state index contributed by atoms with van der Waals surface area (Å²) in [5, 5.41) is 22.9. The van der Waals surface area contributed by atoms with Gasteiger partial charge in [-0.25, -0.2) is 9.59 Å². The predicted molar refractivity (Wildman–Crippen MR) is 114 cm³/mol. The highest BCUT2D eigenvalue weighted by atomic mass is 16.5. The second kappa shape index (κ2) is 9.18. The maximum Gasteiger partial charge on any atom is 0.408 e. The third-order valence-electron chi connectivity index (χ3n) is 5.72. The van der Waals surface area contributed by atoms with Crippen LogP contribution in [0.1, 0.15) is 37.3 Å². The van der Waals surface area contributed by atoms with E-state index in [2.05, 4.69) is 10.6 Å². The quantitative estimate of drug-likeness (QED) is 0.513. The number of carbonyl (C=O) groups is 3. The molecule has 1 aliphatic carbocycles. The van der Waals surface area contributed by atoms with E-state index in [1.807, 2.05) is 48.5 Å². The Bertz CT molecular complexity index is 946. The molecule has 8 heteroatoms. The number of hydrogen-bond donors (Lipinski definition) is 4. The molecule has 3 rings (SSSR count). The number of rotatable bonds is 8. The van der Waals surface area contributed by atoms with Crippen molar-refractivity contribution in [3.8, 4) is 11.1 Å². The number of aliphatic hydroxyl groups is 1. The third kappa shape index (κ3) is 4.54. The molecular weight excluding hydrogens is 400 g/mol. The first-order chi connectivity index (χ1) is 14.8. The van der Waals surface area contributed by atoms with E-state index in [0.717, 1.165) is 22.3 Å². The fraction of sp³-hybridized carbons (Fsp3) is 0.348. The molecule has 8 nitrogen and oxygen atoms in total. The molecule has 0 aromatic heterocycles. The number of fused-ring (bicyclic) bond motifs is 3. The van der Waals surface area contributed by atoms with E-state index < -0.39 is 36.2 Å². The van der Waals surface area contributed by atoms with Crippen molar-refractivity contribution in [1.29, 1.82) is 0 Å². The van der Waals surface area contributed by atoms with Crippen LogP contribution in [0.15, 0.2) is 48.5 Å². The molecule has 0 aliphatic heterocycles. The van der Waals surface area contributed by atoms with Gasteiger partial charge in [-0.1, -0.05) is 55.5 Å². The summed E-state index contributed by atoms with van der Waals surface area (Å²) in [4.78, 5) is 36.1. The Morgan fingerprint density at radius 3 is 2.10 bits per heavy atom. The lowest BCUT2D eigenvalue weighted by Gasteiger charge is -2.29. The first-order valence-corrected chi connectivity index (χ1v) is 10.1. The fourth-order valence-electron chi connectivity index (χ4n) is 3.67. The van der Waals surface area contributed by atoms with Crippen molar-refractivity contribution in [2.24, 2.45) is 0 Å². The van der Waals surface area contributed by atoms with Gasteiger partial charge in [0.15, 0.2) is 0 Å². The number of alkyl carbamates (subject to hydrolysis) is 1. The van der Waals surface area contributed by atoms with Gasteiger partial charge in [0, 0.05) is 5.92 Å². The molecule has 0 saturated carbocycles. The van der Waals surface area contributed by atoms with E-state index in [1.54, 1.807) is 6.92 Å². The smallest absolute Gasteiger partial charge is 0.408 e. The second-order valence-corrected chi connectivity index (χ2v) is 7.68. The van der Waals surface area contributed by atoms with E-state index in [4.69, 9.17) is 14.9 Å². The molecule has 0 fully saturated rings. The van der Waals surface area contributed by atoms with Crippen molar-refractivity contribution in [2.45, 2.75) is 37.8 Å². The van der Waals surface area contributed by atoms with Crippen LogP contribution in [0, 0.1) is 0 Å². The summed E-state index contributed by atoms with van der Waals surface area (Å²) in [7, 11) is 0. The van der Waals surface area contributed by atoms with Gasteiger partial charge in [-0.05, 0) is 35.6 Å². The summed E-state index contributed by atoms with van der Waals surface area (Å²) in [5.41, 5.74) is 2.95. The summed E-state index contributed by atoms with van der Waals surface area (Å²) in [5.74, 6) is -2.20. The van der Waals surface area contributed by atoms with E-state index in [9.17, 15) is 14.4 Å². The molecular formula is C23H26N2O6. The molecule has 2 unspecified atom stereocenters. The second-order valence-electron chi connectivity index (χ2n) is 7.68. The topological polar surface area (TPSA) is 125 Å². The number of aliphatic hydroxyl groups excluding tert-OH is 1. The van der Waals surface area contributed by atoms with Gasteiger partial charge in [0.05, 0.1) is 6.61 Å². The molecule has 2 aromatic rings. The molecule has 164 valence electrons.